The average Bonchev–Trinajstić information content (AvgIpc) is 2.71. The quantitative estimate of drug-likeness (QED) is 0.804. The van der Waals surface area contributed by atoms with Gasteiger partial charge in [0.15, 0.2) is 0 Å². The molecule has 1 saturated heterocycles. The summed E-state index contributed by atoms with van der Waals surface area (Å²) in [7, 11) is 0. The minimum atomic E-state index is 0.134. The van der Waals surface area contributed by atoms with E-state index in [2.05, 4.69) is 15.3 Å². The van der Waals surface area contributed by atoms with Gasteiger partial charge in [-0.05, 0) is 6.92 Å². The van der Waals surface area contributed by atoms with E-state index in [9.17, 15) is 0 Å². The Bertz CT molecular complexity index is 313. The highest BCUT2D eigenvalue weighted by molar-refractivity contribution is 5.27. The molecule has 82 valence electrons. The molecule has 0 spiro atoms. The summed E-state index contributed by atoms with van der Waals surface area (Å²) >= 11 is 0. The Morgan fingerprint density at radius 2 is 2.60 bits per heavy atom. The molecule has 2 heterocycles. The van der Waals surface area contributed by atoms with Gasteiger partial charge in [0.05, 0.1) is 13.2 Å². The molecule has 1 unspecified atom stereocenters. The molecule has 1 aromatic rings. The van der Waals surface area contributed by atoms with E-state index in [0.29, 0.717) is 18.4 Å². The second kappa shape index (κ2) is 4.93. The van der Waals surface area contributed by atoms with Crippen molar-refractivity contribution in [3.05, 3.63) is 12.3 Å². The zero-order chi connectivity index (χ0) is 10.5. The SMILES string of the molecule is CCNc1nccc(OC2CCOC2)n1. The molecule has 0 amide bonds. The first-order chi connectivity index (χ1) is 7.38. The summed E-state index contributed by atoms with van der Waals surface area (Å²) < 4.78 is 10.9. The van der Waals surface area contributed by atoms with E-state index in [4.69, 9.17) is 9.47 Å². The minimum Gasteiger partial charge on any atom is -0.472 e. The second-order valence-electron chi connectivity index (χ2n) is 3.35. The topological polar surface area (TPSA) is 56.3 Å². The van der Waals surface area contributed by atoms with Crippen LogP contribution in [0, 0.1) is 0 Å². The fraction of sp³-hybridized carbons (Fsp3) is 0.600. The zero-order valence-electron chi connectivity index (χ0n) is 8.77. The summed E-state index contributed by atoms with van der Waals surface area (Å²) in [6.07, 6.45) is 2.76. The standard InChI is InChI=1S/C10H15N3O2/c1-2-11-10-12-5-3-9(13-10)15-8-4-6-14-7-8/h3,5,8H,2,4,6-7H2,1H3,(H,11,12,13). The van der Waals surface area contributed by atoms with Gasteiger partial charge >= 0.3 is 0 Å². The lowest BCUT2D eigenvalue weighted by molar-refractivity contribution is 0.138. The van der Waals surface area contributed by atoms with E-state index in [1.807, 2.05) is 6.92 Å². The van der Waals surface area contributed by atoms with Gasteiger partial charge in [0.1, 0.15) is 6.10 Å². The van der Waals surface area contributed by atoms with Crippen LogP contribution in [0.4, 0.5) is 5.95 Å². The van der Waals surface area contributed by atoms with Crippen LogP contribution in [0.2, 0.25) is 0 Å². The van der Waals surface area contributed by atoms with E-state index >= 15 is 0 Å². The van der Waals surface area contributed by atoms with Crippen molar-refractivity contribution in [2.45, 2.75) is 19.4 Å². The van der Waals surface area contributed by atoms with Gasteiger partial charge in [-0.2, -0.15) is 4.98 Å². The van der Waals surface area contributed by atoms with Crippen molar-refractivity contribution in [3.63, 3.8) is 0 Å². The van der Waals surface area contributed by atoms with Gasteiger partial charge in [-0.25, -0.2) is 4.98 Å². The highest BCUT2D eigenvalue weighted by Gasteiger charge is 2.17. The van der Waals surface area contributed by atoms with Crippen LogP contribution in [0.3, 0.4) is 0 Å². The molecule has 1 aromatic heterocycles. The molecular formula is C10H15N3O2. The third-order valence-corrected chi connectivity index (χ3v) is 2.14. The highest BCUT2D eigenvalue weighted by Crippen LogP contribution is 2.14. The van der Waals surface area contributed by atoms with Crippen LogP contribution < -0.4 is 10.1 Å². The van der Waals surface area contributed by atoms with E-state index < -0.39 is 0 Å². The first kappa shape index (κ1) is 10.2. The summed E-state index contributed by atoms with van der Waals surface area (Å²) in [5, 5.41) is 3.04. The molecular weight excluding hydrogens is 194 g/mol. The van der Waals surface area contributed by atoms with Crippen LogP contribution in [-0.4, -0.2) is 35.8 Å². The molecule has 0 aliphatic carbocycles. The van der Waals surface area contributed by atoms with Crippen molar-refractivity contribution >= 4 is 5.95 Å². The third kappa shape index (κ3) is 2.79. The first-order valence-electron chi connectivity index (χ1n) is 5.20. The van der Waals surface area contributed by atoms with Crippen molar-refractivity contribution in [2.75, 3.05) is 25.1 Å². The molecule has 0 aromatic carbocycles. The lowest BCUT2D eigenvalue weighted by Crippen LogP contribution is -2.16. The van der Waals surface area contributed by atoms with E-state index in [-0.39, 0.29) is 6.10 Å². The molecule has 0 radical (unpaired) electrons. The van der Waals surface area contributed by atoms with Crippen molar-refractivity contribution in [3.8, 4) is 5.88 Å². The fourth-order valence-electron chi connectivity index (χ4n) is 1.43. The Labute approximate surface area is 88.8 Å². The Morgan fingerprint density at radius 1 is 1.67 bits per heavy atom. The number of hydrogen-bond donors (Lipinski definition) is 1. The van der Waals surface area contributed by atoms with Crippen LogP contribution in [0.15, 0.2) is 12.3 Å². The minimum absolute atomic E-state index is 0.134. The number of aromatic nitrogens is 2. The maximum absolute atomic E-state index is 5.65. The molecule has 0 bridgehead atoms. The summed E-state index contributed by atoms with van der Waals surface area (Å²) in [6.45, 7) is 4.23. The highest BCUT2D eigenvalue weighted by atomic mass is 16.5. The molecule has 5 nitrogen and oxygen atoms in total. The molecule has 1 aliphatic rings. The van der Waals surface area contributed by atoms with Crippen molar-refractivity contribution < 1.29 is 9.47 Å². The van der Waals surface area contributed by atoms with Crippen LogP contribution in [0.25, 0.3) is 0 Å². The lowest BCUT2D eigenvalue weighted by atomic mass is 10.3. The number of rotatable bonds is 4. The van der Waals surface area contributed by atoms with Crippen molar-refractivity contribution in [1.29, 1.82) is 0 Å². The molecule has 1 aliphatic heterocycles. The van der Waals surface area contributed by atoms with Crippen LogP contribution in [-0.2, 0) is 4.74 Å². The maximum atomic E-state index is 5.65. The molecule has 15 heavy (non-hydrogen) atoms. The third-order valence-electron chi connectivity index (χ3n) is 2.14. The Morgan fingerprint density at radius 3 is 3.33 bits per heavy atom. The number of anilines is 1. The maximum Gasteiger partial charge on any atom is 0.225 e. The molecule has 1 atom stereocenters. The Balaban J connectivity index is 1.97. The lowest BCUT2D eigenvalue weighted by Gasteiger charge is -2.11. The van der Waals surface area contributed by atoms with Crippen molar-refractivity contribution in [1.82, 2.24) is 9.97 Å². The van der Waals surface area contributed by atoms with E-state index in [1.54, 1.807) is 12.3 Å². The van der Waals surface area contributed by atoms with Gasteiger partial charge in [-0.15, -0.1) is 0 Å². The van der Waals surface area contributed by atoms with Gasteiger partial charge in [0, 0.05) is 25.2 Å². The molecule has 1 N–H and O–H groups in total. The van der Waals surface area contributed by atoms with Crippen LogP contribution >= 0.6 is 0 Å². The number of nitrogens with zero attached hydrogens (tertiary/aromatic N) is 2. The molecule has 5 heteroatoms. The van der Waals surface area contributed by atoms with Crippen LogP contribution in [0.1, 0.15) is 13.3 Å². The predicted molar refractivity (Wildman–Crippen MR) is 56.0 cm³/mol. The van der Waals surface area contributed by atoms with Gasteiger partial charge in [-0.3, -0.25) is 0 Å². The normalized spacial score (nSPS) is 20.2. The predicted octanol–water partition coefficient (Wildman–Crippen LogP) is 1.08. The zero-order valence-corrected chi connectivity index (χ0v) is 8.77. The van der Waals surface area contributed by atoms with Crippen molar-refractivity contribution in [2.24, 2.45) is 0 Å². The van der Waals surface area contributed by atoms with Gasteiger partial charge in [0.25, 0.3) is 0 Å². The summed E-state index contributed by atoms with van der Waals surface area (Å²) in [6, 6.07) is 1.76. The van der Waals surface area contributed by atoms with Gasteiger partial charge in [-0.1, -0.05) is 0 Å². The summed E-state index contributed by atoms with van der Waals surface area (Å²) in [4.78, 5) is 8.30. The number of hydrogen-bond acceptors (Lipinski definition) is 5. The second-order valence-corrected chi connectivity index (χ2v) is 3.35. The molecule has 1 fully saturated rings. The smallest absolute Gasteiger partial charge is 0.225 e. The van der Waals surface area contributed by atoms with Gasteiger partial charge < -0.3 is 14.8 Å². The van der Waals surface area contributed by atoms with Gasteiger partial charge in [0.2, 0.25) is 11.8 Å². The van der Waals surface area contributed by atoms with E-state index in [1.165, 1.54) is 0 Å². The average molecular weight is 209 g/mol. The summed E-state index contributed by atoms with van der Waals surface area (Å²) in [5.41, 5.74) is 0. The first-order valence-corrected chi connectivity index (χ1v) is 5.20. The number of nitrogens with one attached hydrogen (secondary N) is 1. The van der Waals surface area contributed by atoms with E-state index in [0.717, 1.165) is 19.6 Å². The molecule has 0 saturated carbocycles. The monoisotopic (exact) mass is 209 g/mol. The Hall–Kier alpha value is -1.36. The van der Waals surface area contributed by atoms with Crippen LogP contribution in [0.5, 0.6) is 5.88 Å². The fourth-order valence-corrected chi connectivity index (χ4v) is 1.43. The Kier molecular flexibility index (Phi) is 3.34. The number of ether oxygens (including phenoxy) is 2. The summed E-state index contributed by atoms with van der Waals surface area (Å²) in [5.74, 6) is 1.21. The largest absolute Gasteiger partial charge is 0.472 e. The molecule has 2 rings (SSSR count).